The van der Waals surface area contributed by atoms with Gasteiger partial charge in [-0.25, -0.2) is 4.39 Å². The fourth-order valence-corrected chi connectivity index (χ4v) is 3.68. The smallest absolute Gasteiger partial charge is 0.142 e. The maximum Gasteiger partial charge on any atom is 0.142 e. The number of nitrogens with zero attached hydrogens (tertiary/aromatic N) is 1. The molecular weight excluding hydrogens is 310 g/mol. The SMILES string of the molecule is CC(NCC1(N(C)C)CCCC1)c1cc(F)c(Cl)cc1Cl. The molecule has 1 aliphatic carbocycles. The fraction of sp³-hybridized carbons (Fsp3) is 0.625. The van der Waals surface area contributed by atoms with Crippen molar-refractivity contribution >= 4 is 23.2 Å². The van der Waals surface area contributed by atoms with E-state index in [9.17, 15) is 4.39 Å². The number of rotatable bonds is 5. The van der Waals surface area contributed by atoms with Crippen LogP contribution >= 0.6 is 23.2 Å². The first-order valence-electron chi connectivity index (χ1n) is 7.41. The molecule has 1 aromatic rings. The molecule has 1 saturated carbocycles. The van der Waals surface area contributed by atoms with E-state index in [-0.39, 0.29) is 16.6 Å². The maximum atomic E-state index is 13.6. The van der Waals surface area contributed by atoms with Gasteiger partial charge in [-0.2, -0.15) is 0 Å². The van der Waals surface area contributed by atoms with Crippen LogP contribution in [0.5, 0.6) is 0 Å². The van der Waals surface area contributed by atoms with Crippen molar-refractivity contribution in [3.05, 3.63) is 33.6 Å². The number of likely N-dealkylation sites (N-methyl/N-ethyl adjacent to an activating group) is 1. The predicted octanol–water partition coefficient (Wildman–Crippen LogP) is 4.66. The summed E-state index contributed by atoms with van der Waals surface area (Å²) in [5.41, 5.74) is 0.955. The summed E-state index contributed by atoms with van der Waals surface area (Å²) in [5, 5.41) is 4.09. The van der Waals surface area contributed by atoms with Gasteiger partial charge in [-0.3, -0.25) is 0 Å². The fourth-order valence-electron chi connectivity index (χ4n) is 3.14. The van der Waals surface area contributed by atoms with Crippen molar-refractivity contribution in [2.24, 2.45) is 0 Å². The monoisotopic (exact) mass is 332 g/mol. The second kappa shape index (κ2) is 6.82. The Hall–Kier alpha value is -0.350. The highest BCUT2D eigenvalue weighted by molar-refractivity contribution is 6.35. The molecule has 0 aliphatic heterocycles. The highest BCUT2D eigenvalue weighted by Gasteiger charge is 2.35. The molecule has 0 amide bonds. The minimum atomic E-state index is -0.423. The molecule has 0 aromatic heterocycles. The van der Waals surface area contributed by atoms with E-state index in [2.05, 4.69) is 24.3 Å². The van der Waals surface area contributed by atoms with Crippen molar-refractivity contribution in [3.63, 3.8) is 0 Å². The first-order chi connectivity index (χ1) is 9.85. The number of halogens is 3. The number of hydrogen-bond acceptors (Lipinski definition) is 2. The van der Waals surface area contributed by atoms with E-state index in [1.165, 1.54) is 37.8 Å². The van der Waals surface area contributed by atoms with Crippen LogP contribution < -0.4 is 5.32 Å². The lowest BCUT2D eigenvalue weighted by atomic mass is 9.95. The Labute approximate surface area is 136 Å². The third kappa shape index (κ3) is 3.70. The zero-order chi connectivity index (χ0) is 15.6. The van der Waals surface area contributed by atoms with Crippen LogP contribution in [0.3, 0.4) is 0 Å². The van der Waals surface area contributed by atoms with Crippen LogP contribution in [-0.2, 0) is 0 Å². The third-order valence-electron chi connectivity index (χ3n) is 4.73. The minimum Gasteiger partial charge on any atom is -0.308 e. The Bertz CT molecular complexity index is 499. The molecule has 0 saturated heterocycles. The Kier molecular flexibility index (Phi) is 5.53. The highest BCUT2D eigenvalue weighted by Crippen LogP contribution is 2.34. The lowest BCUT2D eigenvalue weighted by Crippen LogP contribution is -2.50. The Morgan fingerprint density at radius 3 is 2.43 bits per heavy atom. The summed E-state index contributed by atoms with van der Waals surface area (Å²) in [6, 6.07) is 2.89. The molecule has 1 fully saturated rings. The molecule has 1 atom stereocenters. The van der Waals surface area contributed by atoms with Crippen LogP contribution in [-0.4, -0.2) is 31.1 Å². The van der Waals surface area contributed by atoms with Gasteiger partial charge in [0.1, 0.15) is 5.82 Å². The zero-order valence-electron chi connectivity index (χ0n) is 12.8. The summed E-state index contributed by atoms with van der Waals surface area (Å²) in [6.07, 6.45) is 4.93. The van der Waals surface area contributed by atoms with Gasteiger partial charge in [0.15, 0.2) is 0 Å². The van der Waals surface area contributed by atoms with Crippen molar-refractivity contribution in [2.75, 3.05) is 20.6 Å². The van der Waals surface area contributed by atoms with E-state index in [1.807, 2.05) is 6.92 Å². The first kappa shape index (κ1) is 17.0. The summed E-state index contributed by atoms with van der Waals surface area (Å²) in [6.45, 7) is 2.88. The van der Waals surface area contributed by atoms with Crippen molar-refractivity contribution in [3.8, 4) is 0 Å². The molecule has 1 aliphatic rings. The molecule has 1 N–H and O–H groups in total. The van der Waals surface area contributed by atoms with Crippen LogP contribution in [0.4, 0.5) is 4.39 Å². The van der Waals surface area contributed by atoms with Crippen LogP contribution in [0, 0.1) is 5.82 Å². The average molecular weight is 333 g/mol. The lowest BCUT2D eigenvalue weighted by Gasteiger charge is -2.37. The average Bonchev–Trinajstić information content (AvgIpc) is 2.90. The Balaban J connectivity index is 2.08. The van der Waals surface area contributed by atoms with Gasteiger partial charge in [-0.05, 0) is 51.6 Å². The maximum absolute atomic E-state index is 13.6. The molecule has 0 radical (unpaired) electrons. The van der Waals surface area contributed by atoms with Gasteiger partial charge >= 0.3 is 0 Å². The molecular formula is C16H23Cl2FN2. The molecule has 21 heavy (non-hydrogen) atoms. The summed E-state index contributed by atoms with van der Waals surface area (Å²) < 4.78 is 13.6. The molecule has 0 spiro atoms. The predicted molar refractivity (Wildman–Crippen MR) is 87.7 cm³/mol. The van der Waals surface area contributed by atoms with Crippen molar-refractivity contribution in [1.82, 2.24) is 10.2 Å². The van der Waals surface area contributed by atoms with E-state index in [0.29, 0.717) is 5.02 Å². The third-order valence-corrected chi connectivity index (χ3v) is 5.34. The molecule has 2 rings (SSSR count). The number of hydrogen-bond donors (Lipinski definition) is 1. The standard InChI is InChI=1S/C16H23Cl2FN2/c1-11(12-8-15(19)14(18)9-13(12)17)20-10-16(21(2)3)6-4-5-7-16/h8-9,11,20H,4-7,10H2,1-3H3. The molecule has 118 valence electrons. The van der Waals surface area contributed by atoms with Crippen molar-refractivity contribution in [2.45, 2.75) is 44.2 Å². The quantitative estimate of drug-likeness (QED) is 0.789. The lowest BCUT2D eigenvalue weighted by molar-refractivity contribution is 0.150. The molecule has 0 bridgehead atoms. The van der Waals surface area contributed by atoms with Crippen LogP contribution in [0.1, 0.15) is 44.2 Å². The highest BCUT2D eigenvalue weighted by atomic mass is 35.5. The topological polar surface area (TPSA) is 15.3 Å². The van der Waals surface area contributed by atoms with Crippen LogP contribution in [0.2, 0.25) is 10.0 Å². The zero-order valence-corrected chi connectivity index (χ0v) is 14.4. The summed E-state index contributed by atoms with van der Waals surface area (Å²) in [7, 11) is 4.26. The van der Waals surface area contributed by atoms with Gasteiger partial charge in [-0.1, -0.05) is 36.0 Å². The summed E-state index contributed by atoms with van der Waals surface area (Å²) >= 11 is 11.9. The molecule has 2 nitrogen and oxygen atoms in total. The van der Waals surface area contributed by atoms with Gasteiger partial charge in [0.05, 0.1) is 5.02 Å². The second-order valence-corrected chi connectivity index (χ2v) is 7.03. The summed E-state index contributed by atoms with van der Waals surface area (Å²) in [4.78, 5) is 2.31. The van der Waals surface area contributed by atoms with E-state index < -0.39 is 5.82 Å². The van der Waals surface area contributed by atoms with Crippen LogP contribution in [0.15, 0.2) is 12.1 Å². The summed E-state index contributed by atoms with van der Waals surface area (Å²) in [5.74, 6) is -0.423. The van der Waals surface area contributed by atoms with Crippen molar-refractivity contribution < 1.29 is 4.39 Å². The van der Waals surface area contributed by atoms with Gasteiger partial charge in [-0.15, -0.1) is 0 Å². The number of benzene rings is 1. The largest absolute Gasteiger partial charge is 0.308 e. The van der Waals surface area contributed by atoms with Gasteiger partial charge in [0.25, 0.3) is 0 Å². The van der Waals surface area contributed by atoms with E-state index in [0.717, 1.165) is 12.1 Å². The second-order valence-electron chi connectivity index (χ2n) is 6.22. The molecule has 1 aromatic carbocycles. The van der Waals surface area contributed by atoms with Crippen molar-refractivity contribution in [1.29, 1.82) is 0 Å². The minimum absolute atomic E-state index is 0.0123. The first-order valence-corrected chi connectivity index (χ1v) is 8.16. The van der Waals surface area contributed by atoms with Crippen LogP contribution in [0.25, 0.3) is 0 Å². The number of nitrogens with one attached hydrogen (secondary N) is 1. The molecule has 1 unspecified atom stereocenters. The van der Waals surface area contributed by atoms with E-state index in [4.69, 9.17) is 23.2 Å². The normalized spacial score (nSPS) is 19.2. The van der Waals surface area contributed by atoms with Gasteiger partial charge in [0, 0.05) is 23.1 Å². The van der Waals surface area contributed by atoms with Gasteiger partial charge in [0.2, 0.25) is 0 Å². The van der Waals surface area contributed by atoms with Gasteiger partial charge < -0.3 is 10.2 Å². The van der Waals surface area contributed by atoms with E-state index in [1.54, 1.807) is 0 Å². The van der Waals surface area contributed by atoms with E-state index >= 15 is 0 Å². The Morgan fingerprint density at radius 2 is 1.86 bits per heavy atom. The Morgan fingerprint density at radius 1 is 1.24 bits per heavy atom. The molecule has 0 heterocycles. The molecule has 5 heteroatoms.